The number of carbonyl (C=O) groups excluding carboxylic acids is 1. The summed E-state index contributed by atoms with van der Waals surface area (Å²) in [5.74, 6) is 1.07. The first-order valence-electron chi connectivity index (χ1n) is 7.85. The summed E-state index contributed by atoms with van der Waals surface area (Å²) in [5, 5.41) is 2.72. The Balaban J connectivity index is 1.50. The van der Waals surface area contributed by atoms with Gasteiger partial charge in [-0.25, -0.2) is 9.97 Å². The van der Waals surface area contributed by atoms with Gasteiger partial charge in [0.2, 0.25) is 5.95 Å². The molecule has 0 aliphatic carbocycles. The van der Waals surface area contributed by atoms with Crippen molar-refractivity contribution in [1.82, 2.24) is 9.97 Å². The largest absolute Gasteiger partial charge is 0.484 e. The maximum atomic E-state index is 11.9. The van der Waals surface area contributed by atoms with Crippen molar-refractivity contribution in [3.05, 3.63) is 42.2 Å². The van der Waals surface area contributed by atoms with Gasteiger partial charge in [-0.1, -0.05) is 12.1 Å². The van der Waals surface area contributed by atoms with Gasteiger partial charge in [-0.2, -0.15) is 0 Å². The Morgan fingerprint density at radius 2 is 2.04 bits per heavy atom. The van der Waals surface area contributed by atoms with E-state index in [1.165, 1.54) is 0 Å². The van der Waals surface area contributed by atoms with Crippen LogP contribution in [0.3, 0.4) is 0 Å². The molecule has 0 atom stereocenters. The Hall–Kier alpha value is -2.67. The lowest BCUT2D eigenvalue weighted by molar-refractivity contribution is -0.118. The summed E-state index contributed by atoms with van der Waals surface area (Å²) in [6.07, 6.45) is 3.20. The average Bonchev–Trinajstić information content (AvgIpc) is 2.61. The van der Waals surface area contributed by atoms with E-state index in [4.69, 9.17) is 9.47 Å². The smallest absolute Gasteiger partial charge is 0.262 e. The van der Waals surface area contributed by atoms with Gasteiger partial charge < -0.3 is 19.7 Å². The molecule has 1 N–H and O–H groups in total. The molecular weight excluding hydrogens is 308 g/mol. The van der Waals surface area contributed by atoms with Gasteiger partial charge in [-0.05, 0) is 24.6 Å². The number of ether oxygens (including phenoxy) is 2. The van der Waals surface area contributed by atoms with Crippen LogP contribution in [-0.2, 0) is 9.53 Å². The van der Waals surface area contributed by atoms with Gasteiger partial charge in [0.25, 0.3) is 5.91 Å². The number of hydrogen-bond donors (Lipinski definition) is 1. The van der Waals surface area contributed by atoms with E-state index in [0.717, 1.165) is 18.7 Å². The van der Waals surface area contributed by atoms with E-state index in [9.17, 15) is 4.79 Å². The van der Waals surface area contributed by atoms with Crippen molar-refractivity contribution < 1.29 is 14.3 Å². The minimum absolute atomic E-state index is 0.0608. The molecule has 7 heteroatoms. The van der Waals surface area contributed by atoms with Crippen molar-refractivity contribution in [2.24, 2.45) is 0 Å². The van der Waals surface area contributed by atoms with Gasteiger partial charge >= 0.3 is 0 Å². The number of aromatic nitrogens is 2. The molecule has 2 heterocycles. The van der Waals surface area contributed by atoms with Crippen LogP contribution in [0.15, 0.2) is 36.7 Å². The van der Waals surface area contributed by atoms with Crippen LogP contribution in [-0.4, -0.2) is 48.8 Å². The highest BCUT2D eigenvalue weighted by molar-refractivity contribution is 5.91. The van der Waals surface area contributed by atoms with Gasteiger partial charge in [0.05, 0.1) is 31.3 Å². The van der Waals surface area contributed by atoms with Gasteiger partial charge in [0.1, 0.15) is 5.75 Å². The second-order valence-electron chi connectivity index (χ2n) is 5.52. The maximum absolute atomic E-state index is 11.9. The lowest BCUT2D eigenvalue weighted by Crippen LogP contribution is -2.37. The summed E-state index contributed by atoms with van der Waals surface area (Å²) in [6, 6.07) is 7.56. The molecule has 1 aliphatic heterocycles. The number of amides is 1. The van der Waals surface area contributed by atoms with Gasteiger partial charge in [0.15, 0.2) is 6.61 Å². The molecule has 7 nitrogen and oxygen atoms in total. The molecule has 1 fully saturated rings. The van der Waals surface area contributed by atoms with Crippen LogP contribution >= 0.6 is 0 Å². The molecule has 0 unspecified atom stereocenters. The number of hydrogen-bond acceptors (Lipinski definition) is 6. The number of nitrogens with one attached hydrogen (secondary N) is 1. The third kappa shape index (κ3) is 4.42. The number of nitrogens with zero attached hydrogens (tertiary/aromatic N) is 3. The van der Waals surface area contributed by atoms with Crippen molar-refractivity contribution in [2.45, 2.75) is 6.92 Å². The predicted molar refractivity (Wildman–Crippen MR) is 90.4 cm³/mol. The molecule has 2 aromatic rings. The van der Waals surface area contributed by atoms with Crippen LogP contribution in [0.5, 0.6) is 5.75 Å². The highest BCUT2D eigenvalue weighted by Crippen LogP contribution is 2.13. The van der Waals surface area contributed by atoms with Crippen molar-refractivity contribution in [1.29, 1.82) is 0 Å². The van der Waals surface area contributed by atoms with Crippen molar-refractivity contribution in [2.75, 3.05) is 43.1 Å². The molecular formula is C17H20N4O3. The van der Waals surface area contributed by atoms with Gasteiger partial charge in [0, 0.05) is 13.1 Å². The Bertz CT molecular complexity index is 684. The number of anilines is 2. The molecule has 3 rings (SSSR count). The first-order valence-corrected chi connectivity index (χ1v) is 7.85. The Morgan fingerprint density at radius 3 is 2.75 bits per heavy atom. The standard InChI is InChI=1S/C17H20N4O3/c1-13-3-2-4-15(9-13)24-12-16(22)20-14-10-18-17(19-11-14)21-5-7-23-8-6-21/h2-4,9-11H,5-8,12H2,1H3,(H,20,22). The monoisotopic (exact) mass is 328 g/mol. The average molecular weight is 328 g/mol. The minimum atomic E-state index is -0.251. The fourth-order valence-electron chi connectivity index (χ4n) is 2.36. The van der Waals surface area contributed by atoms with Crippen LogP contribution in [0.1, 0.15) is 5.56 Å². The summed E-state index contributed by atoms with van der Waals surface area (Å²) in [5.41, 5.74) is 1.63. The Labute approximate surface area is 140 Å². The molecule has 126 valence electrons. The number of aryl methyl sites for hydroxylation is 1. The predicted octanol–water partition coefficient (Wildman–Crippen LogP) is 1.64. The summed E-state index contributed by atoms with van der Waals surface area (Å²) in [4.78, 5) is 22.6. The summed E-state index contributed by atoms with van der Waals surface area (Å²) >= 11 is 0. The third-order valence-corrected chi connectivity index (χ3v) is 3.58. The molecule has 1 amide bonds. The van der Waals surface area contributed by atoms with E-state index in [2.05, 4.69) is 20.2 Å². The van der Waals surface area contributed by atoms with Gasteiger partial charge in [-0.3, -0.25) is 4.79 Å². The molecule has 24 heavy (non-hydrogen) atoms. The quantitative estimate of drug-likeness (QED) is 0.899. The summed E-state index contributed by atoms with van der Waals surface area (Å²) < 4.78 is 10.8. The maximum Gasteiger partial charge on any atom is 0.262 e. The van der Waals surface area contributed by atoms with E-state index < -0.39 is 0 Å². The first-order chi connectivity index (χ1) is 11.7. The minimum Gasteiger partial charge on any atom is -0.484 e. The zero-order valence-corrected chi connectivity index (χ0v) is 13.6. The summed E-state index contributed by atoms with van der Waals surface area (Å²) in [7, 11) is 0. The molecule has 1 aromatic carbocycles. The lowest BCUT2D eigenvalue weighted by Gasteiger charge is -2.26. The lowest BCUT2D eigenvalue weighted by atomic mass is 10.2. The molecule has 0 spiro atoms. The molecule has 0 radical (unpaired) electrons. The number of rotatable bonds is 5. The van der Waals surface area contributed by atoms with E-state index in [0.29, 0.717) is 30.6 Å². The van der Waals surface area contributed by atoms with Crippen molar-refractivity contribution >= 4 is 17.5 Å². The van der Waals surface area contributed by atoms with E-state index in [-0.39, 0.29) is 12.5 Å². The topological polar surface area (TPSA) is 76.6 Å². The van der Waals surface area contributed by atoms with E-state index in [1.807, 2.05) is 31.2 Å². The fourth-order valence-corrected chi connectivity index (χ4v) is 2.36. The second kappa shape index (κ2) is 7.74. The zero-order valence-electron chi connectivity index (χ0n) is 13.6. The van der Waals surface area contributed by atoms with Crippen LogP contribution in [0.2, 0.25) is 0 Å². The van der Waals surface area contributed by atoms with Gasteiger partial charge in [-0.15, -0.1) is 0 Å². The van der Waals surface area contributed by atoms with Crippen LogP contribution < -0.4 is 15.0 Å². The Kier molecular flexibility index (Phi) is 5.22. The number of morpholine rings is 1. The normalized spacial score (nSPS) is 14.3. The molecule has 1 aliphatic rings. The first kappa shape index (κ1) is 16.2. The molecule has 1 aromatic heterocycles. The van der Waals surface area contributed by atoms with Crippen LogP contribution in [0, 0.1) is 6.92 Å². The number of carbonyl (C=O) groups is 1. The molecule has 1 saturated heterocycles. The molecule has 0 bridgehead atoms. The third-order valence-electron chi connectivity index (χ3n) is 3.58. The highest BCUT2D eigenvalue weighted by atomic mass is 16.5. The van der Waals surface area contributed by atoms with E-state index >= 15 is 0 Å². The van der Waals surface area contributed by atoms with Crippen LogP contribution in [0.4, 0.5) is 11.6 Å². The number of benzene rings is 1. The van der Waals surface area contributed by atoms with E-state index in [1.54, 1.807) is 12.4 Å². The zero-order chi connectivity index (χ0) is 16.8. The summed E-state index contributed by atoms with van der Waals surface area (Å²) in [6.45, 7) is 4.82. The SMILES string of the molecule is Cc1cccc(OCC(=O)Nc2cnc(N3CCOCC3)nc2)c1. The van der Waals surface area contributed by atoms with Crippen molar-refractivity contribution in [3.8, 4) is 5.75 Å². The Morgan fingerprint density at radius 1 is 1.29 bits per heavy atom. The van der Waals surface area contributed by atoms with Crippen LogP contribution in [0.25, 0.3) is 0 Å². The molecule has 0 saturated carbocycles. The second-order valence-corrected chi connectivity index (χ2v) is 5.52. The highest BCUT2D eigenvalue weighted by Gasteiger charge is 2.13. The fraction of sp³-hybridized carbons (Fsp3) is 0.353. The van der Waals surface area contributed by atoms with Crippen molar-refractivity contribution in [3.63, 3.8) is 0 Å².